The van der Waals surface area contributed by atoms with Crippen LogP contribution in [0.15, 0.2) is 42.5 Å². The third-order valence-electron chi connectivity index (χ3n) is 4.04. The van der Waals surface area contributed by atoms with Gasteiger partial charge in [-0.3, -0.25) is 4.79 Å². The molecule has 23 heavy (non-hydrogen) atoms. The van der Waals surface area contributed by atoms with E-state index in [0.717, 1.165) is 29.1 Å². The number of hydrogen-bond donors (Lipinski definition) is 2. The van der Waals surface area contributed by atoms with Crippen LogP contribution in [0.1, 0.15) is 17.2 Å². The largest absolute Gasteiger partial charge is 0.490 e. The number of fused-ring (bicyclic) bond motifs is 1. The second kappa shape index (κ2) is 6.30. The molecule has 1 aliphatic heterocycles. The number of carbonyl (C=O) groups is 1. The molecule has 0 radical (unpaired) electrons. The predicted molar refractivity (Wildman–Crippen MR) is 91.9 cm³/mol. The Kier molecular flexibility index (Phi) is 4.21. The zero-order valence-electron chi connectivity index (χ0n) is 13.4. The third-order valence-corrected chi connectivity index (χ3v) is 4.04. The van der Waals surface area contributed by atoms with E-state index in [1.807, 2.05) is 56.4 Å². The first kappa shape index (κ1) is 15.4. The SMILES string of the molecule is Cc1ccc(C(N)C(=O)Nc2ccc3c(c2)N(C)CCO3)cc1. The summed E-state index contributed by atoms with van der Waals surface area (Å²) >= 11 is 0. The lowest BCUT2D eigenvalue weighted by Gasteiger charge is -2.28. The van der Waals surface area contributed by atoms with E-state index >= 15 is 0 Å². The summed E-state index contributed by atoms with van der Waals surface area (Å²) in [7, 11) is 2.00. The van der Waals surface area contributed by atoms with Gasteiger partial charge in [0.05, 0.1) is 12.2 Å². The maximum absolute atomic E-state index is 12.4. The van der Waals surface area contributed by atoms with E-state index in [2.05, 4.69) is 10.2 Å². The third kappa shape index (κ3) is 3.29. The highest BCUT2D eigenvalue weighted by atomic mass is 16.5. The lowest BCUT2D eigenvalue weighted by Crippen LogP contribution is -2.30. The molecule has 0 saturated heterocycles. The molecule has 2 aromatic carbocycles. The van der Waals surface area contributed by atoms with E-state index in [4.69, 9.17) is 10.5 Å². The summed E-state index contributed by atoms with van der Waals surface area (Å²) in [5.74, 6) is 0.604. The van der Waals surface area contributed by atoms with Crippen LogP contribution in [0.25, 0.3) is 0 Å². The highest BCUT2D eigenvalue weighted by molar-refractivity contribution is 5.96. The van der Waals surface area contributed by atoms with Crippen molar-refractivity contribution in [3.05, 3.63) is 53.6 Å². The number of rotatable bonds is 3. The van der Waals surface area contributed by atoms with E-state index in [0.29, 0.717) is 12.3 Å². The molecule has 5 nitrogen and oxygen atoms in total. The summed E-state index contributed by atoms with van der Waals surface area (Å²) in [6.45, 7) is 3.50. The fourth-order valence-electron chi connectivity index (χ4n) is 2.57. The molecule has 1 atom stereocenters. The lowest BCUT2D eigenvalue weighted by molar-refractivity contribution is -0.117. The van der Waals surface area contributed by atoms with Crippen LogP contribution in [0.3, 0.4) is 0 Å². The first-order chi connectivity index (χ1) is 11.0. The van der Waals surface area contributed by atoms with Gasteiger partial charge in [-0.15, -0.1) is 0 Å². The van der Waals surface area contributed by atoms with Gasteiger partial charge in [0, 0.05) is 12.7 Å². The van der Waals surface area contributed by atoms with Crippen LogP contribution >= 0.6 is 0 Å². The second-order valence-corrected chi connectivity index (χ2v) is 5.83. The Labute approximate surface area is 136 Å². The molecule has 1 unspecified atom stereocenters. The van der Waals surface area contributed by atoms with Crippen LogP contribution in [0.2, 0.25) is 0 Å². The number of nitrogens with one attached hydrogen (secondary N) is 1. The smallest absolute Gasteiger partial charge is 0.245 e. The molecule has 0 bridgehead atoms. The van der Waals surface area contributed by atoms with Gasteiger partial charge in [0.25, 0.3) is 0 Å². The number of nitrogens with zero attached hydrogens (tertiary/aromatic N) is 1. The van der Waals surface area contributed by atoms with Crippen molar-refractivity contribution in [1.82, 2.24) is 0 Å². The molecule has 0 aliphatic carbocycles. The first-order valence-electron chi connectivity index (χ1n) is 7.65. The standard InChI is InChI=1S/C18H21N3O2/c1-12-3-5-13(6-4-12)17(19)18(22)20-14-7-8-16-15(11-14)21(2)9-10-23-16/h3-8,11,17H,9-10,19H2,1-2H3,(H,20,22). The summed E-state index contributed by atoms with van der Waals surface area (Å²) in [5, 5.41) is 2.88. The van der Waals surface area contributed by atoms with E-state index in [1.165, 1.54) is 0 Å². The Morgan fingerprint density at radius 3 is 2.74 bits per heavy atom. The van der Waals surface area contributed by atoms with Crippen molar-refractivity contribution in [2.45, 2.75) is 13.0 Å². The molecule has 2 aromatic rings. The van der Waals surface area contributed by atoms with Crippen LogP contribution in [-0.2, 0) is 4.79 Å². The number of aryl methyl sites for hydroxylation is 1. The minimum absolute atomic E-state index is 0.229. The molecule has 3 N–H and O–H groups in total. The molecule has 0 spiro atoms. The van der Waals surface area contributed by atoms with Crippen LogP contribution < -0.4 is 20.7 Å². The molecule has 120 valence electrons. The topological polar surface area (TPSA) is 67.6 Å². The molecule has 1 amide bonds. The highest BCUT2D eigenvalue weighted by Crippen LogP contribution is 2.33. The van der Waals surface area contributed by atoms with Crippen molar-refractivity contribution >= 4 is 17.3 Å². The maximum Gasteiger partial charge on any atom is 0.245 e. The number of nitrogens with two attached hydrogens (primary N) is 1. The average molecular weight is 311 g/mol. The Balaban J connectivity index is 1.75. The summed E-state index contributed by atoms with van der Waals surface area (Å²) in [6.07, 6.45) is 0. The fourth-order valence-corrected chi connectivity index (χ4v) is 2.57. The van der Waals surface area contributed by atoms with Gasteiger partial charge >= 0.3 is 0 Å². The predicted octanol–water partition coefficient (Wildman–Crippen LogP) is 2.46. The second-order valence-electron chi connectivity index (χ2n) is 5.83. The highest BCUT2D eigenvalue weighted by Gasteiger charge is 2.18. The minimum atomic E-state index is -0.694. The normalized spacial score (nSPS) is 14.7. The van der Waals surface area contributed by atoms with E-state index in [-0.39, 0.29) is 5.91 Å². The van der Waals surface area contributed by atoms with E-state index in [1.54, 1.807) is 0 Å². The van der Waals surface area contributed by atoms with Crippen LogP contribution in [0.4, 0.5) is 11.4 Å². The molecule has 0 fully saturated rings. The van der Waals surface area contributed by atoms with Crippen molar-refractivity contribution in [3.8, 4) is 5.75 Å². The van der Waals surface area contributed by atoms with Gasteiger partial charge in [0.15, 0.2) is 0 Å². The Bertz CT molecular complexity index is 713. The van der Waals surface area contributed by atoms with Gasteiger partial charge in [-0.05, 0) is 30.7 Å². The van der Waals surface area contributed by atoms with Gasteiger partial charge in [-0.25, -0.2) is 0 Å². The maximum atomic E-state index is 12.4. The number of likely N-dealkylation sites (N-methyl/N-ethyl adjacent to an activating group) is 1. The van der Waals surface area contributed by atoms with Crippen LogP contribution in [-0.4, -0.2) is 26.1 Å². The number of anilines is 2. The number of carbonyl (C=O) groups excluding carboxylic acids is 1. The number of amides is 1. The zero-order valence-corrected chi connectivity index (χ0v) is 13.4. The molecule has 1 heterocycles. The van der Waals surface area contributed by atoms with Gasteiger partial charge in [-0.2, -0.15) is 0 Å². The number of ether oxygens (including phenoxy) is 1. The number of benzene rings is 2. The zero-order chi connectivity index (χ0) is 16.4. The molecular formula is C18H21N3O2. The Morgan fingerprint density at radius 2 is 2.00 bits per heavy atom. The molecule has 0 saturated carbocycles. The Morgan fingerprint density at radius 1 is 1.26 bits per heavy atom. The van der Waals surface area contributed by atoms with Gasteiger partial charge < -0.3 is 20.7 Å². The number of hydrogen-bond acceptors (Lipinski definition) is 4. The molecule has 1 aliphatic rings. The monoisotopic (exact) mass is 311 g/mol. The van der Waals surface area contributed by atoms with Crippen molar-refractivity contribution in [2.24, 2.45) is 5.73 Å². The summed E-state index contributed by atoms with van der Waals surface area (Å²) in [4.78, 5) is 14.5. The fraction of sp³-hybridized carbons (Fsp3) is 0.278. The van der Waals surface area contributed by atoms with Crippen LogP contribution in [0, 0.1) is 6.92 Å². The van der Waals surface area contributed by atoms with Crippen LogP contribution in [0.5, 0.6) is 5.75 Å². The lowest BCUT2D eigenvalue weighted by atomic mass is 10.1. The summed E-state index contributed by atoms with van der Waals surface area (Å²) < 4.78 is 5.60. The first-order valence-corrected chi connectivity index (χ1v) is 7.65. The van der Waals surface area contributed by atoms with Gasteiger partial charge in [0.2, 0.25) is 5.91 Å². The van der Waals surface area contributed by atoms with E-state index in [9.17, 15) is 4.79 Å². The van der Waals surface area contributed by atoms with Crippen molar-refractivity contribution in [1.29, 1.82) is 0 Å². The Hall–Kier alpha value is -2.53. The molecular weight excluding hydrogens is 290 g/mol. The minimum Gasteiger partial charge on any atom is -0.490 e. The molecule has 3 rings (SSSR count). The van der Waals surface area contributed by atoms with E-state index < -0.39 is 6.04 Å². The van der Waals surface area contributed by atoms with Crippen molar-refractivity contribution in [2.75, 3.05) is 30.4 Å². The van der Waals surface area contributed by atoms with Crippen molar-refractivity contribution in [3.63, 3.8) is 0 Å². The average Bonchev–Trinajstić information content (AvgIpc) is 2.55. The molecule has 0 aromatic heterocycles. The quantitative estimate of drug-likeness (QED) is 0.914. The van der Waals surface area contributed by atoms with Gasteiger partial charge in [0.1, 0.15) is 18.4 Å². The van der Waals surface area contributed by atoms with Gasteiger partial charge in [-0.1, -0.05) is 29.8 Å². The summed E-state index contributed by atoms with van der Waals surface area (Å²) in [6, 6.07) is 12.6. The molecule has 5 heteroatoms. The van der Waals surface area contributed by atoms with Crippen molar-refractivity contribution < 1.29 is 9.53 Å². The summed E-state index contributed by atoms with van der Waals surface area (Å²) in [5.41, 5.74) is 9.68.